The highest BCUT2D eigenvalue weighted by atomic mass is 19.1. The van der Waals surface area contributed by atoms with E-state index in [-0.39, 0.29) is 17.6 Å². The molecule has 2 aromatic heterocycles. The molecule has 1 saturated heterocycles. The summed E-state index contributed by atoms with van der Waals surface area (Å²) in [4.78, 5) is 27.9. The van der Waals surface area contributed by atoms with Gasteiger partial charge in [0.25, 0.3) is 0 Å². The van der Waals surface area contributed by atoms with Gasteiger partial charge in [0.15, 0.2) is 0 Å². The summed E-state index contributed by atoms with van der Waals surface area (Å²) in [6.07, 6.45) is 7.10. The topological polar surface area (TPSA) is 59.0 Å². The van der Waals surface area contributed by atoms with Crippen LogP contribution in [0.3, 0.4) is 0 Å². The Morgan fingerprint density at radius 2 is 1.96 bits per heavy atom. The molecule has 0 N–H and O–H groups in total. The van der Waals surface area contributed by atoms with Crippen LogP contribution in [0, 0.1) is 5.82 Å². The van der Waals surface area contributed by atoms with Crippen molar-refractivity contribution in [1.82, 2.24) is 19.9 Å². The van der Waals surface area contributed by atoms with E-state index in [9.17, 15) is 9.18 Å². The summed E-state index contributed by atoms with van der Waals surface area (Å²) in [6.45, 7) is 1.32. The Hall–Kier alpha value is -3.15. The Balaban J connectivity index is 1.55. The van der Waals surface area contributed by atoms with Gasteiger partial charge in [-0.05, 0) is 37.1 Å². The fraction of sp³-hybridized carbons (Fsp3) is 0.273. The molecule has 1 aromatic carbocycles. The van der Waals surface area contributed by atoms with E-state index in [2.05, 4.69) is 15.0 Å². The Morgan fingerprint density at radius 1 is 1.07 bits per heavy atom. The normalized spacial score (nSPS) is 16.8. The molecular formula is C22H21FN4O. The highest BCUT2D eigenvalue weighted by Crippen LogP contribution is 2.32. The van der Waals surface area contributed by atoms with Crippen molar-refractivity contribution >= 4 is 5.91 Å². The van der Waals surface area contributed by atoms with E-state index in [0.717, 1.165) is 30.8 Å². The minimum absolute atomic E-state index is 0.0691. The Morgan fingerprint density at radius 3 is 2.79 bits per heavy atom. The lowest BCUT2D eigenvalue weighted by atomic mass is 9.91. The monoisotopic (exact) mass is 376 g/mol. The van der Waals surface area contributed by atoms with E-state index in [1.165, 1.54) is 12.1 Å². The van der Waals surface area contributed by atoms with E-state index < -0.39 is 0 Å². The van der Waals surface area contributed by atoms with Crippen LogP contribution >= 0.6 is 0 Å². The minimum atomic E-state index is -0.301. The van der Waals surface area contributed by atoms with Crippen LogP contribution in [0.4, 0.5) is 4.39 Å². The number of rotatable bonds is 4. The first-order valence-electron chi connectivity index (χ1n) is 9.45. The maximum atomic E-state index is 13.7. The van der Waals surface area contributed by atoms with Gasteiger partial charge in [0.05, 0.1) is 17.8 Å². The van der Waals surface area contributed by atoms with Gasteiger partial charge in [-0.15, -0.1) is 0 Å². The number of benzene rings is 1. The first-order chi connectivity index (χ1) is 13.7. The van der Waals surface area contributed by atoms with Gasteiger partial charge >= 0.3 is 0 Å². The summed E-state index contributed by atoms with van der Waals surface area (Å²) in [5.41, 5.74) is 2.99. The molecule has 0 radical (unpaired) electrons. The van der Waals surface area contributed by atoms with Gasteiger partial charge < -0.3 is 4.90 Å². The van der Waals surface area contributed by atoms with Crippen molar-refractivity contribution < 1.29 is 9.18 Å². The molecule has 3 aromatic rings. The van der Waals surface area contributed by atoms with Gasteiger partial charge in [-0.3, -0.25) is 19.7 Å². The van der Waals surface area contributed by atoms with Crippen molar-refractivity contribution in [3.63, 3.8) is 0 Å². The third-order valence-electron chi connectivity index (χ3n) is 5.04. The smallest absolute Gasteiger partial charge is 0.228 e. The fourth-order valence-corrected chi connectivity index (χ4v) is 3.70. The zero-order valence-electron chi connectivity index (χ0n) is 15.5. The number of halogens is 1. The molecule has 3 heterocycles. The predicted molar refractivity (Wildman–Crippen MR) is 104 cm³/mol. The summed E-state index contributed by atoms with van der Waals surface area (Å²) in [5.74, 6) is -0.155. The summed E-state index contributed by atoms with van der Waals surface area (Å²) >= 11 is 0. The molecule has 1 atom stereocenters. The Labute approximate surface area is 163 Å². The highest BCUT2D eigenvalue weighted by molar-refractivity contribution is 5.78. The molecule has 0 aliphatic carbocycles. The molecule has 28 heavy (non-hydrogen) atoms. The number of nitrogens with zero attached hydrogens (tertiary/aromatic N) is 4. The first-order valence-corrected chi connectivity index (χ1v) is 9.45. The van der Waals surface area contributed by atoms with Gasteiger partial charge in [0, 0.05) is 48.9 Å². The van der Waals surface area contributed by atoms with Crippen molar-refractivity contribution in [2.24, 2.45) is 0 Å². The van der Waals surface area contributed by atoms with Gasteiger partial charge in [0.1, 0.15) is 5.82 Å². The molecule has 142 valence electrons. The van der Waals surface area contributed by atoms with Crippen molar-refractivity contribution in [2.75, 3.05) is 13.1 Å². The fourth-order valence-electron chi connectivity index (χ4n) is 3.70. The van der Waals surface area contributed by atoms with E-state index in [1.54, 1.807) is 24.7 Å². The quantitative estimate of drug-likeness (QED) is 0.698. The summed E-state index contributed by atoms with van der Waals surface area (Å²) in [5, 5.41) is 0. The molecule has 1 fully saturated rings. The molecule has 0 unspecified atom stereocenters. The number of likely N-dealkylation sites (tertiary alicyclic amines) is 1. The molecule has 0 spiro atoms. The SMILES string of the molecule is O=C(Cc1ccccn1)N1CCC[C@@H](c2nccnc2-c2cccc(F)c2)C1. The lowest BCUT2D eigenvalue weighted by Gasteiger charge is -2.33. The van der Waals surface area contributed by atoms with E-state index in [4.69, 9.17) is 0 Å². The number of piperidine rings is 1. The summed E-state index contributed by atoms with van der Waals surface area (Å²) in [7, 11) is 0. The van der Waals surface area contributed by atoms with Crippen LogP contribution in [0.5, 0.6) is 0 Å². The van der Waals surface area contributed by atoms with E-state index >= 15 is 0 Å². The van der Waals surface area contributed by atoms with Gasteiger partial charge in [0.2, 0.25) is 5.91 Å². The maximum absolute atomic E-state index is 13.7. The predicted octanol–water partition coefficient (Wildman–Crippen LogP) is 3.63. The largest absolute Gasteiger partial charge is 0.342 e. The average molecular weight is 376 g/mol. The van der Waals surface area contributed by atoms with Gasteiger partial charge in [-0.25, -0.2) is 4.39 Å². The molecule has 6 heteroatoms. The number of aromatic nitrogens is 3. The number of pyridine rings is 1. The molecule has 5 nitrogen and oxygen atoms in total. The van der Waals surface area contributed by atoms with Crippen molar-refractivity contribution in [2.45, 2.75) is 25.2 Å². The second-order valence-electron chi connectivity index (χ2n) is 6.98. The zero-order chi connectivity index (χ0) is 19.3. The van der Waals surface area contributed by atoms with E-state index in [0.29, 0.717) is 24.2 Å². The number of amides is 1. The highest BCUT2D eigenvalue weighted by Gasteiger charge is 2.28. The van der Waals surface area contributed by atoms with Crippen LogP contribution in [0.25, 0.3) is 11.3 Å². The second kappa shape index (κ2) is 8.25. The number of carbonyl (C=O) groups is 1. The number of hydrogen-bond donors (Lipinski definition) is 0. The summed E-state index contributed by atoms with van der Waals surface area (Å²) < 4.78 is 13.7. The lowest BCUT2D eigenvalue weighted by molar-refractivity contribution is -0.131. The zero-order valence-corrected chi connectivity index (χ0v) is 15.5. The van der Waals surface area contributed by atoms with E-state index in [1.807, 2.05) is 29.2 Å². The maximum Gasteiger partial charge on any atom is 0.228 e. The first kappa shape index (κ1) is 18.2. The van der Waals surface area contributed by atoms with Crippen LogP contribution in [0.15, 0.2) is 61.1 Å². The molecule has 4 rings (SSSR count). The second-order valence-corrected chi connectivity index (χ2v) is 6.98. The van der Waals surface area contributed by atoms with Crippen LogP contribution in [0.1, 0.15) is 30.1 Å². The van der Waals surface area contributed by atoms with Gasteiger partial charge in [-0.2, -0.15) is 0 Å². The van der Waals surface area contributed by atoms with Crippen molar-refractivity contribution in [3.8, 4) is 11.3 Å². The van der Waals surface area contributed by atoms with Crippen LogP contribution in [0.2, 0.25) is 0 Å². The van der Waals surface area contributed by atoms with Crippen LogP contribution in [-0.2, 0) is 11.2 Å². The Bertz CT molecular complexity index is 964. The summed E-state index contributed by atoms with van der Waals surface area (Å²) in [6, 6.07) is 12.0. The molecule has 1 amide bonds. The van der Waals surface area contributed by atoms with Crippen LogP contribution < -0.4 is 0 Å². The third-order valence-corrected chi connectivity index (χ3v) is 5.04. The molecular weight excluding hydrogens is 355 g/mol. The molecule has 0 saturated carbocycles. The number of hydrogen-bond acceptors (Lipinski definition) is 4. The molecule has 0 bridgehead atoms. The minimum Gasteiger partial charge on any atom is -0.342 e. The van der Waals surface area contributed by atoms with Crippen molar-refractivity contribution in [3.05, 3.63) is 78.3 Å². The van der Waals surface area contributed by atoms with Gasteiger partial charge in [-0.1, -0.05) is 18.2 Å². The molecule has 1 aliphatic heterocycles. The molecule has 1 aliphatic rings. The standard InChI is InChI=1S/C22H21FN4O/c23-18-7-3-5-16(13-18)21-22(26-11-10-25-21)17-6-4-12-27(15-17)20(28)14-19-8-1-2-9-24-19/h1-3,5,7-11,13,17H,4,6,12,14-15H2/t17-/m1/s1. The number of carbonyl (C=O) groups excluding carboxylic acids is 1. The Kier molecular flexibility index (Phi) is 5.37. The third kappa shape index (κ3) is 4.06. The van der Waals surface area contributed by atoms with Crippen molar-refractivity contribution in [1.29, 1.82) is 0 Å². The average Bonchev–Trinajstić information content (AvgIpc) is 2.74. The lowest BCUT2D eigenvalue weighted by Crippen LogP contribution is -2.40. The van der Waals surface area contributed by atoms with Crippen LogP contribution in [-0.4, -0.2) is 38.8 Å².